The molecule has 3 aliphatic rings. The number of rotatable bonds is 10. The van der Waals surface area contributed by atoms with E-state index in [2.05, 4.69) is 81.7 Å². The Labute approximate surface area is 301 Å². The molecule has 2 amide bonds. The Kier molecular flexibility index (Phi) is 9.19. The molecule has 260 valence electrons. The second kappa shape index (κ2) is 14.1. The van der Waals surface area contributed by atoms with E-state index in [1.807, 2.05) is 18.2 Å². The zero-order valence-corrected chi connectivity index (χ0v) is 29.4. The van der Waals surface area contributed by atoms with Crippen LogP contribution in [0, 0.1) is 6.92 Å². The van der Waals surface area contributed by atoms with Crippen LogP contribution in [0.4, 0.5) is 0 Å². The molecule has 0 bridgehead atoms. The van der Waals surface area contributed by atoms with Crippen molar-refractivity contribution in [2.45, 2.75) is 70.1 Å². The van der Waals surface area contributed by atoms with Crippen LogP contribution in [-0.2, 0) is 22.6 Å². The number of fused-ring (bicyclic) bond motifs is 2. The van der Waals surface area contributed by atoms with E-state index in [4.69, 9.17) is 11.6 Å². The first-order valence-corrected chi connectivity index (χ1v) is 18.3. The monoisotopic (exact) mass is 700 g/mol. The molecular weight excluding hydrogens is 660 g/mol. The number of benzene rings is 3. The Morgan fingerprint density at radius 2 is 1.51 bits per heavy atom. The molecule has 10 heteroatoms. The van der Waals surface area contributed by atoms with E-state index in [9.17, 15) is 14.4 Å². The van der Waals surface area contributed by atoms with Gasteiger partial charge in [0.2, 0.25) is 11.8 Å². The summed E-state index contributed by atoms with van der Waals surface area (Å²) in [5.41, 5.74) is 10.9. The molecule has 2 saturated heterocycles. The number of pyridine rings is 1. The smallest absolute Gasteiger partial charge is 0.262 e. The van der Waals surface area contributed by atoms with E-state index in [1.54, 1.807) is 16.8 Å². The third kappa shape index (κ3) is 6.69. The van der Waals surface area contributed by atoms with Crippen molar-refractivity contribution in [3.05, 3.63) is 117 Å². The lowest BCUT2D eigenvalue weighted by Crippen LogP contribution is -2.36. The van der Waals surface area contributed by atoms with Crippen LogP contribution in [0.1, 0.15) is 60.4 Å². The summed E-state index contributed by atoms with van der Waals surface area (Å²) in [6.45, 7) is 3.90. The number of hydrogen-bond acceptors (Lipinski definition) is 6. The molecule has 2 aromatic heterocycles. The molecule has 5 aromatic rings. The second-order valence-corrected chi connectivity index (χ2v) is 14.4. The summed E-state index contributed by atoms with van der Waals surface area (Å²) < 4.78 is 1.58. The van der Waals surface area contributed by atoms with Crippen LogP contribution in [0.15, 0.2) is 83.9 Å². The maximum Gasteiger partial charge on any atom is 0.262 e. The van der Waals surface area contributed by atoms with Crippen molar-refractivity contribution < 1.29 is 9.59 Å². The number of nitrogens with zero attached hydrogens (tertiary/aromatic N) is 2. The molecule has 0 saturated carbocycles. The Morgan fingerprint density at radius 1 is 0.804 bits per heavy atom. The fourth-order valence-electron chi connectivity index (χ4n) is 7.93. The topological polar surface area (TPSA) is 117 Å². The first kappa shape index (κ1) is 33.3. The number of halogens is 1. The molecule has 51 heavy (non-hydrogen) atoms. The Hall–Kier alpha value is -4.83. The van der Waals surface area contributed by atoms with E-state index in [-0.39, 0.29) is 29.5 Å². The van der Waals surface area contributed by atoms with Gasteiger partial charge in [-0.3, -0.25) is 18.8 Å². The summed E-state index contributed by atoms with van der Waals surface area (Å²) in [5, 5.41) is 13.7. The summed E-state index contributed by atoms with van der Waals surface area (Å²) in [6.07, 6.45) is 8.35. The number of nitrogens with one attached hydrogen (secondary N) is 4. The fourth-order valence-corrected chi connectivity index (χ4v) is 8.27. The summed E-state index contributed by atoms with van der Waals surface area (Å²) in [4.78, 5) is 41.0. The molecule has 3 aromatic carbocycles. The van der Waals surface area contributed by atoms with Crippen molar-refractivity contribution in [2.75, 3.05) is 13.1 Å². The van der Waals surface area contributed by atoms with Gasteiger partial charge in [-0.05, 0) is 83.7 Å². The van der Waals surface area contributed by atoms with Gasteiger partial charge in [-0.25, -0.2) is 4.98 Å². The Balaban J connectivity index is 1.01. The zero-order chi connectivity index (χ0) is 35.1. The third-order valence-corrected chi connectivity index (χ3v) is 11.1. The molecule has 8 rings (SSSR count). The predicted molar refractivity (Wildman–Crippen MR) is 201 cm³/mol. The Bertz CT molecular complexity index is 2230. The van der Waals surface area contributed by atoms with Crippen molar-refractivity contribution in [1.82, 2.24) is 30.7 Å². The summed E-state index contributed by atoms with van der Waals surface area (Å²) >= 11 is 7.23. The summed E-state index contributed by atoms with van der Waals surface area (Å²) in [6, 6.07) is 23.7. The van der Waals surface area contributed by atoms with Gasteiger partial charge in [0.05, 0.1) is 5.02 Å². The van der Waals surface area contributed by atoms with Gasteiger partial charge in [-0.1, -0.05) is 66.2 Å². The Morgan fingerprint density at radius 3 is 2.27 bits per heavy atom. The van der Waals surface area contributed by atoms with E-state index >= 15 is 0 Å². The minimum Gasteiger partial charge on any atom is -0.352 e. The van der Waals surface area contributed by atoms with Gasteiger partial charge in [0.25, 0.3) is 5.56 Å². The molecular formula is C41H41ClN6O3. The quantitative estimate of drug-likeness (QED) is 0.145. The zero-order valence-electron chi connectivity index (χ0n) is 28.6. The van der Waals surface area contributed by atoms with Crippen molar-refractivity contribution in [1.29, 1.82) is 0 Å². The van der Waals surface area contributed by atoms with Crippen LogP contribution in [0.5, 0.6) is 0 Å². The van der Waals surface area contributed by atoms with E-state index in [1.165, 1.54) is 11.1 Å². The molecule has 2 aliphatic heterocycles. The molecule has 9 nitrogen and oxygen atoms in total. The molecule has 0 spiro atoms. The fraction of sp³-hybridized carbons (Fsp3) is 0.317. The van der Waals surface area contributed by atoms with Gasteiger partial charge in [-0.15, -0.1) is 0 Å². The van der Waals surface area contributed by atoms with Crippen LogP contribution in [-0.4, -0.2) is 46.4 Å². The highest BCUT2D eigenvalue weighted by Crippen LogP contribution is 2.41. The molecule has 0 unspecified atom stereocenters. The number of carbonyl (C=O) groups is 2. The van der Waals surface area contributed by atoms with Crippen LogP contribution >= 0.6 is 11.6 Å². The lowest BCUT2D eigenvalue weighted by atomic mass is 9.91. The van der Waals surface area contributed by atoms with Crippen LogP contribution in [0.3, 0.4) is 0 Å². The highest BCUT2D eigenvalue weighted by atomic mass is 35.5. The maximum absolute atomic E-state index is 13.3. The van der Waals surface area contributed by atoms with Gasteiger partial charge in [0.1, 0.15) is 5.65 Å². The third-order valence-electron chi connectivity index (χ3n) is 10.7. The number of amides is 2. The normalized spacial score (nSPS) is 19.8. The molecule has 4 heterocycles. The SMILES string of the molecule is Cc1c(-c2ccn3c(=O)c(CNC[C@@H]4CCC(=O)N4)cnc3c2)cccc1-c1cccc(-c2ccc3c(c2)CC[C@@H]3NC[C@@H]2CCC(=O)N2)c1Cl. The molecule has 1 aliphatic carbocycles. The second-order valence-electron chi connectivity index (χ2n) is 14.0. The number of hydrogen-bond donors (Lipinski definition) is 4. The summed E-state index contributed by atoms with van der Waals surface area (Å²) in [5.74, 6) is 0.227. The van der Waals surface area contributed by atoms with Crippen LogP contribution < -0.4 is 26.8 Å². The van der Waals surface area contributed by atoms with E-state index in [0.29, 0.717) is 48.2 Å². The summed E-state index contributed by atoms with van der Waals surface area (Å²) in [7, 11) is 0. The number of carbonyl (C=O) groups excluding carboxylic acids is 2. The van der Waals surface area contributed by atoms with Crippen molar-refractivity contribution >= 4 is 29.1 Å². The lowest BCUT2D eigenvalue weighted by molar-refractivity contribution is -0.120. The van der Waals surface area contributed by atoms with E-state index < -0.39 is 0 Å². The van der Waals surface area contributed by atoms with Gasteiger partial charge < -0.3 is 21.3 Å². The van der Waals surface area contributed by atoms with Crippen LogP contribution in [0.2, 0.25) is 5.02 Å². The average Bonchev–Trinajstić information content (AvgIpc) is 3.87. The molecule has 2 fully saturated rings. The highest BCUT2D eigenvalue weighted by Gasteiger charge is 2.26. The molecule has 0 radical (unpaired) electrons. The largest absolute Gasteiger partial charge is 0.352 e. The van der Waals surface area contributed by atoms with Crippen molar-refractivity contribution in [2.24, 2.45) is 0 Å². The van der Waals surface area contributed by atoms with Crippen molar-refractivity contribution in [3.63, 3.8) is 0 Å². The minimum atomic E-state index is -0.110. The van der Waals surface area contributed by atoms with Gasteiger partial charge in [0.15, 0.2) is 0 Å². The van der Waals surface area contributed by atoms with Gasteiger partial charge in [0, 0.05) is 79.7 Å². The molecule has 4 N–H and O–H groups in total. The van der Waals surface area contributed by atoms with Gasteiger partial charge in [-0.2, -0.15) is 0 Å². The minimum absolute atomic E-state index is 0.0780. The highest BCUT2D eigenvalue weighted by molar-refractivity contribution is 6.36. The molecule has 3 atom stereocenters. The lowest BCUT2D eigenvalue weighted by Gasteiger charge is -2.18. The maximum atomic E-state index is 13.3. The van der Waals surface area contributed by atoms with Crippen LogP contribution in [0.25, 0.3) is 39.0 Å². The standard InChI is InChI=1S/C41H41ClN6O3/c1-24-31(27-16-17-48-37(19-27)45-21-28(41(48)51)20-43-22-29-10-14-38(49)46-29)4-2-5-32(24)35-7-3-6-34(40(35)42)26-8-12-33-25(18-26)9-13-36(33)44-23-30-11-15-39(50)47-30/h2-8,12,16-19,21,29-30,36,43-44H,9-11,13-15,20,22-23H2,1H3,(H,46,49)(H,47,50)/t29-,30-,36-/m0/s1. The first-order chi connectivity index (χ1) is 24.8. The van der Waals surface area contributed by atoms with Gasteiger partial charge >= 0.3 is 0 Å². The first-order valence-electron chi connectivity index (χ1n) is 17.9. The average molecular weight is 701 g/mol. The number of aromatic nitrogens is 2. The predicted octanol–water partition coefficient (Wildman–Crippen LogP) is 5.88. The number of aryl methyl sites for hydroxylation is 1. The van der Waals surface area contributed by atoms with Crippen molar-refractivity contribution in [3.8, 4) is 33.4 Å². The van der Waals surface area contributed by atoms with E-state index in [0.717, 1.165) is 71.2 Å².